The van der Waals surface area contributed by atoms with Crippen molar-refractivity contribution in [1.82, 2.24) is 5.06 Å². The van der Waals surface area contributed by atoms with Crippen molar-refractivity contribution in [2.75, 3.05) is 19.8 Å². The van der Waals surface area contributed by atoms with Gasteiger partial charge in [-0.05, 0) is 65.2 Å². The highest BCUT2D eigenvalue weighted by molar-refractivity contribution is 5.28. The SMILES string of the molecule is CCC1(CC)CC2(CC(C)(C)N1OC(C)c1ccc(OCC3CO3)cc1)OCC(C)(C)O2. The van der Waals surface area contributed by atoms with E-state index in [1.54, 1.807) is 0 Å². The van der Waals surface area contributed by atoms with Crippen LogP contribution < -0.4 is 4.74 Å². The van der Waals surface area contributed by atoms with Gasteiger partial charge in [0.25, 0.3) is 0 Å². The maximum atomic E-state index is 6.75. The van der Waals surface area contributed by atoms with Crippen molar-refractivity contribution in [3.8, 4) is 5.75 Å². The quantitative estimate of drug-likeness (QED) is 0.497. The predicted octanol–water partition coefficient (Wildman–Crippen LogP) is 5.41. The molecule has 32 heavy (non-hydrogen) atoms. The summed E-state index contributed by atoms with van der Waals surface area (Å²) in [6.45, 7) is 17.4. The van der Waals surface area contributed by atoms with Gasteiger partial charge in [0.1, 0.15) is 24.6 Å². The Balaban J connectivity index is 1.50. The molecular formula is C26H41NO5. The number of hydrogen-bond donors (Lipinski definition) is 0. The molecule has 3 atom stereocenters. The van der Waals surface area contributed by atoms with Crippen LogP contribution in [-0.4, -0.2) is 53.5 Å². The molecule has 3 unspecified atom stereocenters. The summed E-state index contributed by atoms with van der Waals surface area (Å²) < 4.78 is 23.9. The third kappa shape index (κ3) is 4.85. The lowest BCUT2D eigenvalue weighted by molar-refractivity contribution is -0.361. The molecule has 1 aromatic carbocycles. The Morgan fingerprint density at radius 1 is 1.06 bits per heavy atom. The van der Waals surface area contributed by atoms with E-state index < -0.39 is 5.79 Å². The van der Waals surface area contributed by atoms with Crippen LogP contribution in [0.1, 0.15) is 85.8 Å². The van der Waals surface area contributed by atoms with Gasteiger partial charge in [-0.15, -0.1) is 0 Å². The number of hydroxylamine groups is 2. The Kier molecular flexibility index (Phi) is 6.40. The van der Waals surface area contributed by atoms with E-state index in [1.807, 2.05) is 12.1 Å². The Morgan fingerprint density at radius 3 is 2.25 bits per heavy atom. The maximum Gasteiger partial charge on any atom is 0.172 e. The smallest absolute Gasteiger partial charge is 0.172 e. The standard InChI is InChI=1S/C26H41NO5/c1-8-25(9-2)17-26(30-18-24(6,7)32-26)16-23(4,5)27(25)31-19(3)20-10-12-21(13-11-20)28-14-22-15-29-22/h10-13,19,22H,8-9,14-18H2,1-7H3. The number of epoxide rings is 1. The van der Waals surface area contributed by atoms with Gasteiger partial charge in [0.2, 0.25) is 0 Å². The lowest BCUT2D eigenvalue weighted by Crippen LogP contribution is -2.67. The molecule has 3 fully saturated rings. The third-order valence-electron chi connectivity index (χ3n) is 7.19. The summed E-state index contributed by atoms with van der Waals surface area (Å²) in [5, 5.41) is 2.27. The molecule has 0 aromatic heterocycles. The number of benzene rings is 1. The van der Waals surface area contributed by atoms with Crippen molar-refractivity contribution in [2.24, 2.45) is 0 Å². The summed E-state index contributed by atoms with van der Waals surface area (Å²) in [6.07, 6.45) is 3.69. The molecule has 180 valence electrons. The lowest BCUT2D eigenvalue weighted by Gasteiger charge is -2.59. The molecule has 0 aliphatic carbocycles. The van der Waals surface area contributed by atoms with E-state index >= 15 is 0 Å². The molecule has 0 radical (unpaired) electrons. The monoisotopic (exact) mass is 447 g/mol. The van der Waals surface area contributed by atoms with E-state index in [0.29, 0.717) is 13.2 Å². The average Bonchev–Trinajstić information content (AvgIpc) is 3.52. The van der Waals surface area contributed by atoms with Gasteiger partial charge in [0, 0.05) is 18.4 Å². The van der Waals surface area contributed by atoms with Crippen molar-refractivity contribution in [1.29, 1.82) is 0 Å². The Hall–Kier alpha value is -1.18. The Labute approximate surface area is 193 Å². The van der Waals surface area contributed by atoms with Gasteiger partial charge in [0.15, 0.2) is 5.79 Å². The van der Waals surface area contributed by atoms with Gasteiger partial charge in [-0.25, -0.2) is 0 Å². The van der Waals surface area contributed by atoms with Crippen molar-refractivity contribution in [3.63, 3.8) is 0 Å². The van der Waals surface area contributed by atoms with Gasteiger partial charge in [0.05, 0.1) is 24.4 Å². The topological polar surface area (TPSA) is 52.7 Å². The van der Waals surface area contributed by atoms with Crippen LogP contribution in [0.5, 0.6) is 5.75 Å². The summed E-state index contributed by atoms with van der Waals surface area (Å²) in [4.78, 5) is 6.75. The summed E-state index contributed by atoms with van der Waals surface area (Å²) in [5.74, 6) is 0.318. The zero-order valence-corrected chi connectivity index (χ0v) is 20.9. The fourth-order valence-electron chi connectivity index (χ4n) is 5.50. The van der Waals surface area contributed by atoms with Crippen LogP contribution in [0.25, 0.3) is 0 Å². The number of piperidine rings is 1. The zero-order chi connectivity index (χ0) is 23.2. The molecular weight excluding hydrogens is 406 g/mol. The zero-order valence-electron chi connectivity index (χ0n) is 20.9. The summed E-state index contributed by atoms with van der Waals surface area (Å²) in [7, 11) is 0. The molecule has 4 rings (SSSR count). The maximum absolute atomic E-state index is 6.75. The highest BCUT2D eigenvalue weighted by Gasteiger charge is 2.61. The summed E-state index contributed by atoms with van der Waals surface area (Å²) >= 11 is 0. The first kappa shape index (κ1) is 24.0. The Bertz CT molecular complexity index is 784. The van der Waals surface area contributed by atoms with E-state index in [1.165, 1.54) is 0 Å². The van der Waals surface area contributed by atoms with Crippen LogP contribution >= 0.6 is 0 Å². The van der Waals surface area contributed by atoms with Crippen LogP contribution in [0.4, 0.5) is 0 Å². The molecule has 6 heteroatoms. The first-order chi connectivity index (χ1) is 15.0. The highest BCUT2D eigenvalue weighted by Crippen LogP contribution is 2.53. The molecule has 3 heterocycles. The second-order valence-electron chi connectivity index (χ2n) is 11.0. The first-order valence-corrected chi connectivity index (χ1v) is 12.2. The van der Waals surface area contributed by atoms with Gasteiger partial charge < -0.3 is 18.9 Å². The molecule has 1 spiro atoms. The van der Waals surface area contributed by atoms with Gasteiger partial charge >= 0.3 is 0 Å². The number of hydrogen-bond acceptors (Lipinski definition) is 6. The van der Waals surface area contributed by atoms with Gasteiger partial charge in [-0.1, -0.05) is 26.0 Å². The van der Waals surface area contributed by atoms with Crippen LogP contribution in [0.15, 0.2) is 24.3 Å². The van der Waals surface area contributed by atoms with Crippen molar-refractivity contribution >= 4 is 0 Å². The molecule has 0 saturated carbocycles. The van der Waals surface area contributed by atoms with Crippen LogP contribution in [0, 0.1) is 0 Å². The predicted molar refractivity (Wildman–Crippen MR) is 123 cm³/mol. The lowest BCUT2D eigenvalue weighted by atomic mass is 9.73. The first-order valence-electron chi connectivity index (χ1n) is 12.2. The van der Waals surface area contributed by atoms with E-state index in [4.69, 9.17) is 23.8 Å². The average molecular weight is 448 g/mol. The molecule has 3 aliphatic heterocycles. The minimum Gasteiger partial charge on any atom is -0.491 e. The number of ether oxygens (including phenoxy) is 4. The van der Waals surface area contributed by atoms with Crippen LogP contribution in [0.3, 0.4) is 0 Å². The van der Waals surface area contributed by atoms with Crippen molar-refractivity contribution < 1.29 is 23.8 Å². The van der Waals surface area contributed by atoms with E-state index in [0.717, 1.165) is 43.6 Å². The van der Waals surface area contributed by atoms with Crippen LogP contribution in [0.2, 0.25) is 0 Å². The van der Waals surface area contributed by atoms with Gasteiger partial charge in [-0.2, -0.15) is 5.06 Å². The fourth-order valence-corrected chi connectivity index (χ4v) is 5.50. The molecule has 0 amide bonds. The largest absolute Gasteiger partial charge is 0.491 e. The molecule has 0 bridgehead atoms. The second-order valence-corrected chi connectivity index (χ2v) is 11.0. The minimum atomic E-state index is -0.549. The number of rotatable bonds is 8. The van der Waals surface area contributed by atoms with Crippen LogP contribution in [-0.2, 0) is 19.0 Å². The van der Waals surface area contributed by atoms with Crippen molar-refractivity contribution in [3.05, 3.63) is 29.8 Å². The normalized spacial score (nSPS) is 31.5. The van der Waals surface area contributed by atoms with Gasteiger partial charge in [-0.3, -0.25) is 4.84 Å². The molecule has 3 saturated heterocycles. The van der Waals surface area contributed by atoms with E-state index in [-0.39, 0.29) is 28.9 Å². The molecule has 6 nitrogen and oxygen atoms in total. The summed E-state index contributed by atoms with van der Waals surface area (Å²) in [6, 6.07) is 8.22. The Morgan fingerprint density at radius 2 is 1.72 bits per heavy atom. The van der Waals surface area contributed by atoms with E-state index in [9.17, 15) is 0 Å². The highest BCUT2D eigenvalue weighted by atomic mass is 16.8. The third-order valence-corrected chi connectivity index (χ3v) is 7.19. The number of nitrogens with zero attached hydrogens (tertiary/aromatic N) is 1. The second kappa shape index (κ2) is 8.55. The molecule has 0 N–H and O–H groups in total. The molecule has 1 aromatic rings. The summed E-state index contributed by atoms with van der Waals surface area (Å²) in [5.41, 5.74) is 0.470. The van der Waals surface area contributed by atoms with E-state index in [2.05, 4.69) is 65.7 Å². The fraction of sp³-hybridized carbons (Fsp3) is 0.769. The minimum absolute atomic E-state index is 0.0801. The van der Waals surface area contributed by atoms with Crippen molar-refractivity contribution in [2.45, 2.75) is 109 Å². The molecule has 3 aliphatic rings.